The van der Waals surface area contributed by atoms with Crippen LogP contribution in [0.3, 0.4) is 0 Å². The van der Waals surface area contributed by atoms with Gasteiger partial charge in [-0.2, -0.15) is 0 Å². The molecular weight excluding hydrogens is 389 g/mol. The summed E-state index contributed by atoms with van der Waals surface area (Å²) in [5.74, 6) is 0. The van der Waals surface area contributed by atoms with Crippen molar-refractivity contribution in [3.8, 4) is 0 Å². The molecule has 0 N–H and O–H groups in total. The predicted octanol–water partition coefficient (Wildman–Crippen LogP) is 0.821. The molecule has 0 amide bonds. The van der Waals surface area contributed by atoms with Crippen molar-refractivity contribution >= 4 is 57.2 Å². The Labute approximate surface area is 136 Å². The summed E-state index contributed by atoms with van der Waals surface area (Å²) in [6.07, 6.45) is 2.76. The maximum Gasteiger partial charge on any atom is 0.284 e. The van der Waals surface area contributed by atoms with E-state index < -0.39 is 4.92 Å². The molecule has 0 spiro atoms. The first-order valence-corrected chi connectivity index (χ1v) is 8.10. The molecule has 8 heteroatoms. The zero-order valence-corrected chi connectivity index (χ0v) is 14.9. The van der Waals surface area contributed by atoms with Crippen LogP contribution in [0.25, 0.3) is 11.8 Å². The normalized spacial score (nSPS) is 14.6. The summed E-state index contributed by atoms with van der Waals surface area (Å²) in [5, 5.41) is 12.3. The molecule has 0 aliphatic heterocycles. The summed E-state index contributed by atoms with van der Waals surface area (Å²) in [4.78, 5) is 14.9. The Hall–Kier alpha value is -0.625. The van der Waals surface area contributed by atoms with Gasteiger partial charge in [0.15, 0.2) is 13.2 Å². The first-order chi connectivity index (χ1) is 9.21. The number of alkyl halides is 2. The first-order valence-electron chi connectivity index (χ1n) is 6.18. The summed E-state index contributed by atoms with van der Waals surface area (Å²) in [5.41, 5.74) is 0.305. The van der Waals surface area contributed by atoms with E-state index in [4.69, 9.17) is 7.85 Å². The highest BCUT2D eigenvalue weighted by atomic mass is 79.9. The lowest BCUT2D eigenvalue weighted by Crippen LogP contribution is -2.37. The highest BCUT2D eigenvalue weighted by Crippen LogP contribution is 2.16. The van der Waals surface area contributed by atoms with E-state index in [1.54, 1.807) is 0 Å². The highest BCUT2D eigenvalue weighted by Gasteiger charge is 2.18. The fraction of sp³-hybridized carbons (Fsp3) is 0.583. The van der Waals surface area contributed by atoms with Gasteiger partial charge in [-0.05, 0) is 26.3 Å². The summed E-state index contributed by atoms with van der Waals surface area (Å²) in [6, 6.07) is 0. The summed E-state index contributed by atoms with van der Waals surface area (Å²) in [7, 11) is 5.91. The van der Waals surface area contributed by atoms with Crippen LogP contribution >= 0.6 is 31.9 Å². The molecule has 0 aromatic carbocycles. The van der Waals surface area contributed by atoms with Gasteiger partial charge in [0.1, 0.15) is 0 Å². The molecule has 0 saturated heterocycles. The minimum Gasteiger partial charge on any atom is -0.337 e. The Kier molecular flexibility index (Phi) is 6.00. The van der Waals surface area contributed by atoms with Crippen molar-refractivity contribution in [2.45, 2.75) is 38.1 Å². The number of nitro groups is 1. The Morgan fingerprint density at radius 1 is 1.60 bits per heavy atom. The molecule has 0 bridgehead atoms. The molecule has 1 heterocycles. The molecular formula is C12H16BBr2N3O2. The van der Waals surface area contributed by atoms with Crippen LogP contribution < -0.4 is 16.4 Å². The lowest BCUT2D eigenvalue weighted by Gasteiger charge is -2.10. The summed E-state index contributed by atoms with van der Waals surface area (Å²) < 4.78 is 1.50. The van der Waals surface area contributed by atoms with Gasteiger partial charge in [0.25, 0.3) is 5.70 Å². The highest BCUT2D eigenvalue weighted by molar-refractivity contribution is 9.10. The van der Waals surface area contributed by atoms with Crippen LogP contribution in [-0.4, -0.2) is 32.0 Å². The van der Waals surface area contributed by atoms with Crippen molar-refractivity contribution in [2.24, 2.45) is 0 Å². The average molecular weight is 405 g/mol. The zero-order chi connectivity index (χ0) is 15.5. The van der Waals surface area contributed by atoms with Gasteiger partial charge in [-0.3, -0.25) is 10.1 Å². The first kappa shape index (κ1) is 17.4. The lowest BCUT2D eigenvalue weighted by molar-refractivity contribution is -0.378. The topological polar surface area (TPSA) is 61.0 Å². The molecule has 0 atom stereocenters. The Morgan fingerprint density at radius 3 is 2.60 bits per heavy atom. The largest absolute Gasteiger partial charge is 0.337 e. The third-order valence-corrected chi connectivity index (χ3v) is 3.34. The smallest absolute Gasteiger partial charge is 0.284 e. The van der Waals surface area contributed by atoms with Gasteiger partial charge in [-0.15, -0.1) is 0 Å². The second kappa shape index (κ2) is 6.89. The molecule has 5 nitrogen and oxygen atoms in total. The number of rotatable bonds is 5. The molecule has 0 aliphatic rings. The Bertz CT molecular complexity index is 620. The van der Waals surface area contributed by atoms with Gasteiger partial charge in [0, 0.05) is 10.9 Å². The number of hydrogen-bond donors (Lipinski definition) is 0. The number of aromatic nitrogens is 2. The fourth-order valence-corrected chi connectivity index (χ4v) is 2.51. The quantitative estimate of drug-likeness (QED) is 0.316. The van der Waals surface area contributed by atoms with Crippen LogP contribution in [0.15, 0.2) is 0 Å². The number of halogens is 2. The third kappa shape index (κ3) is 4.18. The van der Waals surface area contributed by atoms with E-state index in [2.05, 4.69) is 36.8 Å². The lowest BCUT2D eigenvalue weighted by atomic mass is 10.1. The minimum absolute atomic E-state index is 0.00885. The van der Waals surface area contributed by atoms with Crippen molar-refractivity contribution in [1.29, 1.82) is 0 Å². The molecule has 1 rings (SSSR count). The standard InChI is InChI=1S/C12H16BBr2N3O2/c1-4-5-17-8(6-12(2,3)15)10(16-11(17)13)9(7-14)18(19)20/h6H,4-5,7H2,1-3H3/b8-6+,10-9-. The maximum absolute atomic E-state index is 11.2. The van der Waals surface area contributed by atoms with Crippen molar-refractivity contribution in [3.05, 3.63) is 20.8 Å². The van der Waals surface area contributed by atoms with Crippen LogP contribution in [0.5, 0.6) is 0 Å². The van der Waals surface area contributed by atoms with Gasteiger partial charge in [-0.25, -0.2) is 4.98 Å². The monoisotopic (exact) mass is 403 g/mol. The van der Waals surface area contributed by atoms with E-state index in [9.17, 15) is 10.1 Å². The number of imidazole rings is 1. The SMILES string of the molecule is [B]c1nc(=C(/CBr)[N+](=O)[O-])/c(=C\C(C)(C)Br)n1CCC. The third-order valence-electron chi connectivity index (χ3n) is 2.58. The van der Waals surface area contributed by atoms with E-state index in [0.29, 0.717) is 23.0 Å². The molecule has 20 heavy (non-hydrogen) atoms. The van der Waals surface area contributed by atoms with Crippen molar-refractivity contribution in [1.82, 2.24) is 9.55 Å². The molecule has 0 fully saturated rings. The van der Waals surface area contributed by atoms with Crippen LogP contribution in [0.1, 0.15) is 27.2 Å². The summed E-state index contributed by atoms with van der Waals surface area (Å²) >= 11 is 6.67. The molecule has 108 valence electrons. The number of hydrogen-bond acceptors (Lipinski definition) is 3. The second-order valence-electron chi connectivity index (χ2n) is 4.90. The van der Waals surface area contributed by atoms with E-state index in [0.717, 1.165) is 6.42 Å². The predicted molar refractivity (Wildman–Crippen MR) is 88.8 cm³/mol. The molecule has 1 aromatic heterocycles. The van der Waals surface area contributed by atoms with E-state index in [-0.39, 0.29) is 15.4 Å². The molecule has 1 aromatic rings. The van der Waals surface area contributed by atoms with Gasteiger partial charge < -0.3 is 4.57 Å². The van der Waals surface area contributed by atoms with Gasteiger partial charge in [0.05, 0.1) is 21.3 Å². The minimum atomic E-state index is -0.425. The van der Waals surface area contributed by atoms with Crippen LogP contribution in [0.4, 0.5) is 0 Å². The van der Waals surface area contributed by atoms with E-state index >= 15 is 0 Å². The Morgan fingerprint density at radius 2 is 2.20 bits per heavy atom. The van der Waals surface area contributed by atoms with Crippen molar-refractivity contribution < 1.29 is 4.92 Å². The van der Waals surface area contributed by atoms with Crippen LogP contribution in [-0.2, 0) is 6.54 Å². The second-order valence-corrected chi connectivity index (χ2v) is 7.51. The van der Waals surface area contributed by atoms with Crippen LogP contribution in [0, 0.1) is 10.1 Å². The zero-order valence-electron chi connectivity index (χ0n) is 11.7. The maximum atomic E-state index is 11.2. The average Bonchev–Trinajstić information content (AvgIpc) is 2.57. The molecule has 2 radical (unpaired) electrons. The van der Waals surface area contributed by atoms with Crippen LogP contribution in [0.2, 0.25) is 0 Å². The molecule has 0 aliphatic carbocycles. The molecule has 0 saturated carbocycles. The fourth-order valence-electron chi connectivity index (χ4n) is 1.82. The number of nitrogens with zero attached hydrogens (tertiary/aromatic N) is 3. The summed E-state index contributed by atoms with van der Waals surface area (Å²) in [6.45, 7) is 6.60. The van der Waals surface area contributed by atoms with E-state index in [1.807, 2.05) is 31.4 Å². The van der Waals surface area contributed by atoms with Crippen molar-refractivity contribution in [3.63, 3.8) is 0 Å². The van der Waals surface area contributed by atoms with Gasteiger partial charge in [-0.1, -0.05) is 38.8 Å². The van der Waals surface area contributed by atoms with Gasteiger partial charge >= 0.3 is 0 Å². The van der Waals surface area contributed by atoms with E-state index in [1.165, 1.54) is 0 Å². The van der Waals surface area contributed by atoms with Crippen molar-refractivity contribution in [2.75, 3.05) is 5.33 Å². The van der Waals surface area contributed by atoms with Gasteiger partial charge in [0.2, 0.25) is 0 Å². The Balaban J connectivity index is 3.84. The molecule has 0 unspecified atom stereocenters.